The van der Waals surface area contributed by atoms with Crippen molar-refractivity contribution < 1.29 is 45.1 Å². The molecule has 194 valence electrons. The average molecular weight is 556 g/mol. The largest absolute Gasteiger partial charge is 0.573 e. The van der Waals surface area contributed by atoms with Gasteiger partial charge in [-0.25, -0.2) is 8.42 Å². The van der Waals surface area contributed by atoms with Crippen molar-refractivity contribution in [1.29, 1.82) is 0 Å². The molecule has 0 radical (unpaired) electrons. The fraction of sp³-hybridized carbons (Fsp3) is 0.227. The molecular formula is C22H16F3N3O7S2. The third kappa shape index (κ3) is 5.20. The van der Waals surface area contributed by atoms with Gasteiger partial charge in [0.25, 0.3) is 11.1 Å². The van der Waals surface area contributed by atoms with Crippen LogP contribution in [0, 0.1) is 0 Å². The number of carbonyl (C=O) groups is 2. The van der Waals surface area contributed by atoms with E-state index in [4.69, 9.17) is 9.15 Å². The summed E-state index contributed by atoms with van der Waals surface area (Å²) >= 11 is 0.696. The zero-order chi connectivity index (χ0) is 26.4. The average Bonchev–Trinajstić information content (AvgIpc) is 3.39. The first kappa shape index (κ1) is 25.3. The summed E-state index contributed by atoms with van der Waals surface area (Å²) in [5.41, 5.74) is 0.623. The number of halogens is 3. The number of aromatic nitrogens is 1. The summed E-state index contributed by atoms with van der Waals surface area (Å²) < 4.78 is 82.0. The highest BCUT2D eigenvalue weighted by Gasteiger charge is 2.36. The van der Waals surface area contributed by atoms with Crippen molar-refractivity contribution in [3.05, 3.63) is 47.3 Å². The van der Waals surface area contributed by atoms with E-state index in [1.54, 1.807) is 6.07 Å². The van der Waals surface area contributed by atoms with E-state index in [9.17, 15) is 31.2 Å². The minimum Gasteiger partial charge on any atom is -0.456 e. The van der Waals surface area contributed by atoms with Crippen LogP contribution in [0.4, 0.5) is 18.0 Å². The summed E-state index contributed by atoms with van der Waals surface area (Å²) in [6, 6.07) is 4.86. The standard InChI is InChI=1S/C22H16F3N3O7S2/c23-22(24,25)35-16-8-12(1-2-18(16)37(31,32)28-3-5-33-6-4-28)15-11-26-10-13-7-14(34-19(13)15)9-17-20(29)27-21(30)36-17/h1-2,7-11H,3-6H2,(H,27,29,30). The number of amides is 2. The summed E-state index contributed by atoms with van der Waals surface area (Å²) in [4.78, 5) is 26.8. The quantitative estimate of drug-likeness (QED) is 0.468. The number of hydrogen-bond acceptors (Lipinski definition) is 9. The van der Waals surface area contributed by atoms with Crippen molar-refractivity contribution in [3.8, 4) is 16.9 Å². The maximum absolute atomic E-state index is 13.2. The molecule has 0 spiro atoms. The van der Waals surface area contributed by atoms with Gasteiger partial charge in [0.05, 0.1) is 18.1 Å². The van der Waals surface area contributed by atoms with Gasteiger partial charge in [-0.1, -0.05) is 6.07 Å². The molecule has 2 saturated heterocycles. The lowest BCUT2D eigenvalue weighted by Crippen LogP contribution is -2.40. The van der Waals surface area contributed by atoms with Gasteiger partial charge in [0.2, 0.25) is 10.0 Å². The number of nitrogens with one attached hydrogen (secondary N) is 1. The van der Waals surface area contributed by atoms with Crippen LogP contribution in [0.5, 0.6) is 5.75 Å². The van der Waals surface area contributed by atoms with Crippen LogP contribution in [-0.4, -0.2) is 61.5 Å². The second kappa shape index (κ2) is 9.48. The number of imide groups is 1. The smallest absolute Gasteiger partial charge is 0.456 e. The molecule has 0 saturated carbocycles. The second-order valence-electron chi connectivity index (χ2n) is 7.83. The molecule has 2 aliphatic rings. The first-order valence-electron chi connectivity index (χ1n) is 10.6. The molecule has 15 heteroatoms. The van der Waals surface area contributed by atoms with E-state index in [1.807, 2.05) is 0 Å². The Morgan fingerprint density at radius 2 is 1.89 bits per heavy atom. The maximum atomic E-state index is 13.2. The number of furan rings is 1. The van der Waals surface area contributed by atoms with Crippen molar-refractivity contribution in [3.63, 3.8) is 0 Å². The lowest BCUT2D eigenvalue weighted by Gasteiger charge is -2.27. The second-order valence-corrected chi connectivity index (χ2v) is 10.8. The normalized spacial score (nSPS) is 18.5. The molecule has 0 bridgehead atoms. The Balaban J connectivity index is 1.58. The molecule has 1 aromatic carbocycles. The van der Waals surface area contributed by atoms with Crippen LogP contribution in [0.15, 0.2) is 50.9 Å². The van der Waals surface area contributed by atoms with Gasteiger partial charge >= 0.3 is 6.36 Å². The fourth-order valence-corrected chi connectivity index (χ4v) is 5.99. The monoisotopic (exact) mass is 555 g/mol. The zero-order valence-electron chi connectivity index (χ0n) is 18.6. The van der Waals surface area contributed by atoms with Gasteiger partial charge in [-0.3, -0.25) is 19.9 Å². The Morgan fingerprint density at radius 1 is 1.14 bits per heavy atom. The number of hydrogen-bond donors (Lipinski definition) is 1. The van der Waals surface area contributed by atoms with Crippen LogP contribution >= 0.6 is 11.8 Å². The highest BCUT2D eigenvalue weighted by atomic mass is 32.2. The van der Waals surface area contributed by atoms with E-state index in [0.717, 1.165) is 16.4 Å². The molecule has 0 aliphatic carbocycles. The highest BCUT2D eigenvalue weighted by molar-refractivity contribution is 8.18. The number of morpholine rings is 1. The minimum absolute atomic E-state index is 0.00858. The topological polar surface area (TPSA) is 128 Å². The van der Waals surface area contributed by atoms with Crippen LogP contribution in [0.2, 0.25) is 0 Å². The number of alkyl halides is 3. The van der Waals surface area contributed by atoms with Gasteiger partial charge in [-0.2, -0.15) is 4.31 Å². The van der Waals surface area contributed by atoms with E-state index in [-0.39, 0.29) is 53.7 Å². The van der Waals surface area contributed by atoms with Gasteiger partial charge in [0.15, 0.2) is 0 Å². The van der Waals surface area contributed by atoms with Crippen LogP contribution in [0.1, 0.15) is 5.76 Å². The molecule has 37 heavy (non-hydrogen) atoms. The van der Waals surface area contributed by atoms with Gasteiger partial charge < -0.3 is 13.9 Å². The molecule has 5 rings (SSSR count). The number of fused-ring (bicyclic) bond motifs is 1. The molecular weight excluding hydrogens is 539 g/mol. The molecule has 4 heterocycles. The first-order valence-corrected chi connectivity index (χ1v) is 12.9. The van der Waals surface area contributed by atoms with Crippen molar-refractivity contribution >= 4 is 50.0 Å². The molecule has 2 aromatic heterocycles. The Bertz CT molecular complexity index is 1540. The molecule has 0 atom stereocenters. The number of ether oxygens (including phenoxy) is 2. The van der Waals surface area contributed by atoms with Crippen LogP contribution < -0.4 is 10.1 Å². The van der Waals surface area contributed by atoms with Crippen molar-refractivity contribution in [2.75, 3.05) is 26.3 Å². The van der Waals surface area contributed by atoms with Gasteiger partial charge in [0.1, 0.15) is 22.0 Å². The predicted molar refractivity (Wildman–Crippen MR) is 125 cm³/mol. The lowest BCUT2D eigenvalue weighted by molar-refractivity contribution is -0.275. The highest BCUT2D eigenvalue weighted by Crippen LogP contribution is 2.38. The van der Waals surface area contributed by atoms with Crippen LogP contribution in [0.3, 0.4) is 0 Å². The maximum Gasteiger partial charge on any atom is 0.573 e. The number of carbonyl (C=O) groups excluding carboxylic acids is 2. The van der Waals surface area contributed by atoms with E-state index in [1.165, 1.54) is 24.5 Å². The number of rotatable bonds is 5. The molecule has 2 fully saturated rings. The number of benzene rings is 1. The van der Waals surface area contributed by atoms with Crippen molar-refractivity contribution in [2.45, 2.75) is 11.3 Å². The van der Waals surface area contributed by atoms with E-state index in [2.05, 4.69) is 15.0 Å². The Labute approximate surface area is 211 Å². The third-order valence-electron chi connectivity index (χ3n) is 5.43. The molecule has 3 aromatic rings. The summed E-state index contributed by atoms with van der Waals surface area (Å²) in [7, 11) is -4.31. The van der Waals surface area contributed by atoms with Gasteiger partial charge in [-0.15, -0.1) is 13.2 Å². The summed E-state index contributed by atoms with van der Waals surface area (Å²) in [5, 5.41) is 2.05. The number of thioether (sulfide) groups is 1. The Morgan fingerprint density at radius 3 is 2.57 bits per heavy atom. The fourth-order valence-electron chi connectivity index (χ4n) is 3.83. The Hall–Kier alpha value is -3.40. The van der Waals surface area contributed by atoms with E-state index in [0.29, 0.717) is 17.1 Å². The first-order chi connectivity index (χ1) is 17.5. The predicted octanol–water partition coefficient (Wildman–Crippen LogP) is 3.74. The number of nitrogens with zero attached hydrogens (tertiary/aromatic N) is 2. The minimum atomic E-state index is -5.15. The molecule has 0 unspecified atom stereocenters. The molecule has 10 nitrogen and oxygen atoms in total. The zero-order valence-corrected chi connectivity index (χ0v) is 20.2. The third-order valence-corrected chi connectivity index (χ3v) is 8.17. The van der Waals surface area contributed by atoms with Gasteiger partial charge in [0, 0.05) is 42.5 Å². The van der Waals surface area contributed by atoms with Crippen molar-refractivity contribution in [1.82, 2.24) is 14.6 Å². The Kier molecular flexibility index (Phi) is 6.47. The van der Waals surface area contributed by atoms with Crippen LogP contribution in [-0.2, 0) is 19.6 Å². The van der Waals surface area contributed by atoms with Crippen LogP contribution in [0.25, 0.3) is 28.2 Å². The summed E-state index contributed by atoms with van der Waals surface area (Å²) in [6.07, 6.45) is -1.02. The van der Waals surface area contributed by atoms with Gasteiger partial charge in [-0.05, 0) is 35.5 Å². The number of sulfonamides is 1. The lowest BCUT2D eigenvalue weighted by atomic mass is 10.1. The van der Waals surface area contributed by atoms with Crippen molar-refractivity contribution in [2.24, 2.45) is 0 Å². The molecule has 1 N–H and O–H groups in total. The molecule has 2 aliphatic heterocycles. The van der Waals surface area contributed by atoms with E-state index < -0.39 is 38.2 Å². The number of pyridine rings is 1. The van der Waals surface area contributed by atoms with E-state index >= 15 is 0 Å². The summed E-state index contributed by atoms with van der Waals surface area (Å²) in [5.74, 6) is -1.28. The molecule has 2 amide bonds. The SMILES string of the molecule is O=C1NC(=O)C(=Cc2cc3cncc(-c4ccc(S(=O)(=O)N5CCOCC5)c(OC(F)(F)F)c4)c3o2)S1. The summed E-state index contributed by atoms with van der Waals surface area (Å²) in [6.45, 7) is 0.216.